The number of halogens is 4. The molecule has 0 aromatic carbocycles. The van der Waals surface area contributed by atoms with Crippen molar-refractivity contribution in [3.8, 4) is 11.4 Å². The van der Waals surface area contributed by atoms with Crippen molar-refractivity contribution in [2.75, 3.05) is 0 Å². The molecule has 0 saturated carbocycles. The first kappa shape index (κ1) is 11.9. The van der Waals surface area contributed by atoms with Crippen LogP contribution in [0.25, 0.3) is 11.4 Å². The summed E-state index contributed by atoms with van der Waals surface area (Å²) < 4.78 is 37.7. The van der Waals surface area contributed by atoms with Crippen molar-refractivity contribution in [2.24, 2.45) is 0 Å². The Kier molecular flexibility index (Phi) is 3.02. The molecule has 2 nitrogen and oxygen atoms in total. The van der Waals surface area contributed by atoms with Crippen LogP contribution in [-0.4, -0.2) is 9.97 Å². The van der Waals surface area contributed by atoms with Gasteiger partial charge in [-0.15, -0.1) is 0 Å². The first-order valence-corrected chi connectivity index (χ1v) is 5.01. The molecule has 2 rings (SSSR count). The van der Waals surface area contributed by atoms with Crippen molar-refractivity contribution >= 4 is 11.6 Å². The normalized spacial score (nSPS) is 11.5. The van der Waals surface area contributed by atoms with E-state index in [1.807, 2.05) is 0 Å². The van der Waals surface area contributed by atoms with Gasteiger partial charge in [0.05, 0.1) is 17.0 Å². The van der Waals surface area contributed by atoms with E-state index in [1.54, 1.807) is 18.2 Å². The second kappa shape index (κ2) is 4.33. The Balaban J connectivity index is 2.54. The molecule has 0 aliphatic carbocycles. The van der Waals surface area contributed by atoms with Crippen molar-refractivity contribution < 1.29 is 13.2 Å². The van der Waals surface area contributed by atoms with Crippen molar-refractivity contribution in [2.45, 2.75) is 6.18 Å². The van der Waals surface area contributed by atoms with Gasteiger partial charge in [-0.25, -0.2) is 4.98 Å². The maximum absolute atomic E-state index is 12.6. The van der Waals surface area contributed by atoms with E-state index in [0.717, 1.165) is 12.1 Å². The second-order valence-corrected chi connectivity index (χ2v) is 3.66. The van der Waals surface area contributed by atoms with Gasteiger partial charge in [0.15, 0.2) is 0 Å². The lowest BCUT2D eigenvalue weighted by Gasteiger charge is -2.08. The van der Waals surface area contributed by atoms with Crippen LogP contribution in [-0.2, 0) is 6.18 Å². The van der Waals surface area contributed by atoms with Gasteiger partial charge >= 0.3 is 6.18 Å². The zero-order valence-electron chi connectivity index (χ0n) is 8.37. The third-order valence-corrected chi connectivity index (χ3v) is 2.24. The molecule has 0 aliphatic heterocycles. The zero-order valence-corrected chi connectivity index (χ0v) is 9.13. The predicted octanol–water partition coefficient (Wildman–Crippen LogP) is 3.82. The third-order valence-electron chi connectivity index (χ3n) is 2.05. The maximum atomic E-state index is 12.6. The fourth-order valence-electron chi connectivity index (χ4n) is 1.31. The van der Waals surface area contributed by atoms with Crippen LogP contribution in [0, 0.1) is 0 Å². The highest BCUT2D eigenvalue weighted by Gasteiger charge is 2.31. The van der Waals surface area contributed by atoms with Crippen molar-refractivity contribution in [1.82, 2.24) is 9.97 Å². The van der Waals surface area contributed by atoms with Crippen molar-refractivity contribution in [3.05, 3.63) is 47.2 Å². The zero-order chi connectivity index (χ0) is 12.5. The molecule has 0 aliphatic rings. The van der Waals surface area contributed by atoms with Crippen LogP contribution in [0.4, 0.5) is 13.2 Å². The standard InChI is InChI=1S/C11H6ClF3N2/c12-10-6-7(11(13,14)15)5-9(17-10)8-3-1-2-4-16-8/h1-6H. The smallest absolute Gasteiger partial charge is 0.255 e. The van der Waals surface area contributed by atoms with Crippen LogP contribution in [0.3, 0.4) is 0 Å². The van der Waals surface area contributed by atoms with Gasteiger partial charge < -0.3 is 0 Å². The van der Waals surface area contributed by atoms with Gasteiger partial charge in [0.2, 0.25) is 0 Å². The Labute approximate surface area is 100 Å². The van der Waals surface area contributed by atoms with Crippen LogP contribution in [0.2, 0.25) is 5.15 Å². The average Bonchev–Trinajstić information content (AvgIpc) is 2.28. The molecule has 0 radical (unpaired) electrons. The lowest BCUT2D eigenvalue weighted by atomic mass is 10.2. The molecular weight excluding hydrogens is 253 g/mol. The van der Waals surface area contributed by atoms with Gasteiger partial charge in [0.1, 0.15) is 5.15 Å². The number of nitrogens with zero attached hydrogens (tertiary/aromatic N) is 2. The Morgan fingerprint density at radius 3 is 2.41 bits per heavy atom. The quantitative estimate of drug-likeness (QED) is 0.727. The van der Waals surface area contributed by atoms with E-state index in [2.05, 4.69) is 9.97 Å². The molecule has 17 heavy (non-hydrogen) atoms. The molecule has 2 heterocycles. The van der Waals surface area contributed by atoms with E-state index in [4.69, 9.17) is 11.6 Å². The number of hydrogen-bond acceptors (Lipinski definition) is 2. The van der Waals surface area contributed by atoms with Gasteiger partial charge in [-0.05, 0) is 24.3 Å². The number of aromatic nitrogens is 2. The van der Waals surface area contributed by atoms with Crippen LogP contribution >= 0.6 is 11.6 Å². The first-order chi connectivity index (χ1) is 7.97. The highest BCUT2D eigenvalue weighted by molar-refractivity contribution is 6.29. The maximum Gasteiger partial charge on any atom is 0.416 e. The molecule has 0 atom stereocenters. The summed E-state index contributed by atoms with van der Waals surface area (Å²) >= 11 is 5.57. The lowest BCUT2D eigenvalue weighted by Crippen LogP contribution is -2.06. The summed E-state index contributed by atoms with van der Waals surface area (Å²) in [7, 11) is 0. The summed E-state index contributed by atoms with van der Waals surface area (Å²) in [6, 6.07) is 6.61. The van der Waals surface area contributed by atoms with E-state index in [9.17, 15) is 13.2 Å². The van der Waals surface area contributed by atoms with Crippen LogP contribution < -0.4 is 0 Å². The number of alkyl halides is 3. The molecule has 0 N–H and O–H groups in total. The van der Waals surface area contributed by atoms with Gasteiger partial charge in [-0.3, -0.25) is 4.98 Å². The summed E-state index contributed by atoms with van der Waals surface area (Å²) in [4.78, 5) is 7.75. The van der Waals surface area contributed by atoms with Gasteiger partial charge in [0.25, 0.3) is 0 Å². The van der Waals surface area contributed by atoms with Crippen LogP contribution in [0.15, 0.2) is 36.5 Å². The Morgan fingerprint density at radius 2 is 1.82 bits per heavy atom. The second-order valence-electron chi connectivity index (χ2n) is 3.28. The molecule has 0 fully saturated rings. The molecule has 2 aromatic rings. The van der Waals surface area contributed by atoms with Crippen molar-refractivity contribution in [3.63, 3.8) is 0 Å². The monoisotopic (exact) mass is 258 g/mol. The molecule has 0 amide bonds. The molecule has 6 heteroatoms. The lowest BCUT2D eigenvalue weighted by molar-refractivity contribution is -0.137. The molecule has 88 valence electrons. The SMILES string of the molecule is FC(F)(F)c1cc(Cl)nc(-c2ccccn2)c1. The topological polar surface area (TPSA) is 25.8 Å². The Bertz CT molecular complexity index is 526. The fourth-order valence-corrected chi connectivity index (χ4v) is 1.51. The molecule has 0 saturated heterocycles. The summed E-state index contributed by atoms with van der Waals surface area (Å²) in [5, 5.41) is -0.208. The van der Waals surface area contributed by atoms with E-state index in [1.165, 1.54) is 6.20 Å². The number of rotatable bonds is 1. The van der Waals surface area contributed by atoms with Crippen LogP contribution in [0.1, 0.15) is 5.56 Å². The Morgan fingerprint density at radius 1 is 1.06 bits per heavy atom. The van der Waals surface area contributed by atoms with E-state index in [0.29, 0.717) is 5.69 Å². The molecule has 0 spiro atoms. The summed E-state index contributed by atoms with van der Waals surface area (Å²) in [6.45, 7) is 0. The summed E-state index contributed by atoms with van der Waals surface area (Å²) in [5.74, 6) is 0. The fraction of sp³-hybridized carbons (Fsp3) is 0.0909. The predicted molar refractivity (Wildman–Crippen MR) is 57.5 cm³/mol. The minimum absolute atomic E-state index is 0.102. The molecule has 0 unspecified atom stereocenters. The number of hydrogen-bond donors (Lipinski definition) is 0. The summed E-state index contributed by atoms with van der Waals surface area (Å²) in [6.07, 6.45) is -2.97. The van der Waals surface area contributed by atoms with Gasteiger partial charge in [-0.1, -0.05) is 17.7 Å². The van der Waals surface area contributed by atoms with E-state index < -0.39 is 11.7 Å². The minimum atomic E-state index is -4.45. The molecule has 2 aromatic heterocycles. The van der Waals surface area contributed by atoms with Gasteiger partial charge in [0, 0.05) is 6.20 Å². The highest BCUT2D eigenvalue weighted by Crippen LogP contribution is 2.32. The average molecular weight is 259 g/mol. The molecular formula is C11H6ClF3N2. The van der Waals surface area contributed by atoms with E-state index >= 15 is 0 Å². The Hall–Kier alpha value is -1.62. The summed E-state index contributed by atoms with van der Waals surface area (Å²) in [5.41, 5.74) is -0.385. The minimum Gasteiger partial charge on any atom is -0.255 e. The van der Waals surface area contributed by atoms with E-state index in [-0.39, 0.29) is 10.8 Å². The van der Waals surface area contributed by atoms with Gasteiger partial charge in [-0.2, -0.15) is 13.2 Å². The first-order valence-electron chi connectivity index (χ1n) is 4.63. The number of pyridine rings is 2. The third kappa shape index (κ3) is 2.74. The van der Waals surface area contributed by atoms with Crippen molar-refractivity contribution in [1.29, 1.82) is 0 Å². The molecule has 0 bridgehead atoms. The largest absolute Gasteiger partial charge is 0.416 e. The van der Waals surface area contributed by atoms with Crippen LogP contribution in [0.5, 0.6) is 0 Å². The highest BCUT2D eigenvalue weighted by atomic mass is 35.5.